The zero-order chi connectivity index (χ0) is 21.6. The van der Waals surface area contributed by atoms with E-state index in [2.05, 4.69) is 21.8 Å². The highest BCUT2D eigenvalue weighted by Gasteiger charge is 2.20. The molecule has 0 spiro atoms. The van der Waals surface area contributed by atoms with Gasteiger partial charge in [0.2, 0.25) is 0 Å². The molecule has 0 atom stereocenters. The molecule has 2 aromatic rings. The molecule has 2 fully saturated rings. The minimum absolute atomic E-state index is 0.123. The summed E-state index contributed by atoms with van der Waals surface area (Å²) in [6.07, 6.45) is 2.43. The third kappa shape index (κ3) is 5.75. The highest BCUT2D eigenvalue weighted by atomic mass is 32.2. The summed E-state index contributed by atoms with van der Waals surface area (Å²) in [5.74, 6) is 1.88. The van der Waals surface area contributed by atoms with Gasteiger partial charge in [0.05, 0.1) is 12.3 Å². The molecule has 8 heteroatoms. The number of hydrogen-bond donors (Lipinski definition) is 0. The summed E-state index contributed by atoms with van der Waals surface area (Å²) in [5.41, 5.74) is 2.83. The van der Waals surface area contributed by atoms with Crippen LogP contribution in [0.25, 0.3) is 0 Å². The first-order valence-corrected chi connectivity index (χ1v) is 11.9. The molecule has 0 aliphatic carbocycles. The quantitative estimate of drug-likeness (QED) is 0.484. The van der Waals surface area contributed by atoms with Crippen LogP contribution in [-0.4, -0.2) is 79.1 Å². The Balaban J connectivity index is 1.39. The van der Waals surface area contributed by atoms with Crippen LogP contribution >= 0.6 is 11.8 Å². The number of carbonyl (C=O) groups is 1. The molecule has 2 aliphatic heterocycles. The van der Waals surface area contributed by atoms with Crippen LogP contribution in [0.15, 0.2) is 35.5 Å². The molecule has 0 saturated carbocycles. The van der Waals surface area contributed by atoms with Gasteiger partial charge in [-0.2, -0.15) is 0 Å². The van der Waals surface area contributed by atoms with Crippen molar-refractivity contribution in [1.29, 1.82) is 0 Å². The standard InChI is InChI=1S/C23H31N5O2S/c1-26-11-13-28(14-12-26)22(29)19-7-5-18(6-8-19)17-31-23-24-20(16-30-2)15-21(25-23)27-9-3-4-10-27/h5-8,15H,3-4,9-14,16-17H2,1-2H3. The normalized spacial score (nSPS) is 17.4. The minimum Gasteiger partial charge on any atom is -0.378 e. The number of thioether (sulfide) groups is 1. The van der Waals surface area contributed by atoms with Gasteiger partial charge in [0.15, 0.2) is 5.16 Å². The topological polar surface area (TPSA) is 61.8 Å². The zero-order valence-electron chi connectivity index (χ0n) is 18.4. The number of nitrogens with zero attached hydrogens (tertiary/aromatic N) is 5. The van der Waals surface area contributed by atoms with Crippen LogP contribution < -0.4 is 4.90 Å². The SMILES string of the molecule is COCc1cc(N2CCCC2)nc(SCc2ccc(C(=O)N3CCN(C)CC3)cc2)n1. The van der Waals surface area contributed by atoms with E-state index in [1.54, 1.807) is 18.9 Å². The fourth-order valence-electron chi connectivity index (χ4n) is 3.94. The number of amides is 1. The van der Waals surface area contributed by atoms with Gasteiger partial charge in [0.25, 0.3) is 5.91 Å². The Morgan fingerprint density at radius 1 is 1.03 bits per heavy atom. The van der Waals surface area contributed by atoms with E-state index in [-0.39, 0.29) is 5.91 Å². The molecule has 2 aliphatic rings. The number of rotatable bonds is 7. The lowest BCUT2D eigenvalue weighted by atomic mass is 10.1. The largest absolute Gasteiger partial charge is 0.378 e. The van der Waals surface area contributed by atoms with Gasteiger partial charge >= 0.3 is 0 Å². The minimum atomic E-state index is 0.123. The van der Waals surface area contributed by atoms with E-state index in [1.165, 1.54) is 12.8 Å². The smallest absolute Gasteiger partial charge is 0.253 e. The second kappa shape index (κ2) is 10.4. The van der Waals surface area contributed by atoms with Crippen LogP contribution in [0.5, 0.6) is 0 Å². The van der Waals surface area contributed by atoms with E-state index in [9.17, 15) is 4.79 Å². The van der Waals surface area contributed by atoms with Gasteiger partial charge in [-0.05, 0) is 37.6 Å². The number of ether oxygens (including phenoxy) is 1. The number of carbonyl (C=O) groups excluding carboxylic acids is 1. The second-order valence-electron chi connectivity index (χ2n) is 8.21. The lowest BCUT2D eigenvalue weighted by molar-refractivity contribution is 0.0664. The van der Waals surface area contributed by atoms with Crippen LogP contribution in [0.2, 0.25) is 0 Å². The van der Waals surface area contributed by atoms with Crippen LogP contribution in [0.3, 0.4) is 0 Å². The second-order valence-corrected chi connectivity index (χ2v) is 9.15. The molecule has 4 rings (SSSR count). The molecular weight excluding hydrogens is 410 g/mol. The van der Waals surface area contributed by atoms with Gasteiger partial charge in [-0.1, -0.05) is 23.9 Å². The molecule has 166 valence electrons. The maximum Gasteiger partial charge on any atom is 0.253 e. The number of anilines is 1. The zero-order valence-corrected chi connectivity index (χ0v) is 19.2. The number of likely N-dealkylation sites (N-methyl/N-ethyl adjacent to an activating group) is 1. The van der Waals surface area contributed by atoms with Crippen LogP contribution in [0, 0.1) is 0 Å². The molecule has 2 saturated heterocycles. The van der Waals surface area contributed by atoms with Crippen LogP contribution in [-0.2, 0) is 17.1 Å². The first-order chi connectivity index (χ1) is 15.1. The van der Waals surface area contributed by atoms with E-state index in [1.807, 2.05) is 35.2 Å². The van der Waals surface area contributed by atoms with Crippen molar-refractivity contribution >= 4 is 23.5 Å². The van der Waals surface area contributed by atoms with Crippen molar-refractivity contribution in [2.24, 2.45) is 0 Å². The number of hydrogen-bond acceptors (Lipinski definition) is 7. The third-order valence-electron chi connectivity index (χ3n) is 5.83. The predicted octanol–water partition coefficient (Wildman–Crippen LogP) is 2.90. The summed E-state index contributed by atoms with van der Waals surface area (Å²) >= 11 is 1.62. The Hall–Kier alpha value is -2.16. The molecule has 0 radical (unpaired) electrons. The van der Waals surface area contributed by atoms with Gasteiger partial charge in [0.1, 0.15) is 5.82 Å². The Bertz CT molecular complexity index is 878. The summed E-state index contributed by atoms with van der Waals surface area (Å²) in [6.45, 7) is 6.04. The summed E-state index contributed by atoms with van der Waals surface area (Å²) in [7, 11) is 3.78. The van der Waals surface area contributed by atoms with Crippen molar-refractivity contribution < 1.29 is 9.53 Å². The van der Waals surface area contributed by atoms with E-state index in [0.717, 1.165) is 72.8 Å². The third-order valence-corrected chi connectivity index (χ3v) is 6.75. The van der Waals surface area contributed by atoms with E-state index in [4.69, 9.17) is 9.72 Å². The molecule has 31 heavy (non-hydrogen) atoms. The average molecular weight is 442 g/mol. The summed E-state index contributed by atoms with van der Waals surface area (Å²) in [5, 5.41) is 0.772. The van der Waals surface area contributed by atoms with Gasteiger partial charge < -0.3 is 19.4 Å². The molecule has 1 amide bonds. The maximum atomic E-state index is 12.7. The Labute approximate surface area is 188 Å². The fraction of sp³-hybridized carbons (Fsp3) is 0.522. The Morgan fingerprint density at radius 3 is 2.42 bits per heavy atom. The van der Waals surface area contributed by atoms with E-state index >= 15 is 0 Å². The molecule has 0 unspecified atom stereocenters. The molecule has 0 N–H and O–H groups in total. The van der Waals surface area contributed by atoms with E-state index < -0.39 is 0 Å². The van der Waals surface area contributed by atoms with Gasteiger partial charge in [0, 0.05) is 63.8 Å². The van der Waals surface area contributed by atoms with Gasteiger partial charge in [-0.15, -0.1) is 0 Å². The molecule has 3 heterocycles. The lowest BCUT2D eigenvalue weighted by Crippen LogP contribution is -2.47. The highest BCUT2D eigenvalue weighted by Crippen LogP contribution is 2.25. The summed E-state index contributed by atoms with van der Waals surface area (Å²) < 4.78 is 5.30. The highest BCUT2D eigenvalue weighted by molar-refractivity contribution is 7.98. The first-order valence-electron chi connectivity index (χ1n) is 10.9. The Kier molecular flexibility index (Phi) is 7.42. The molecule has 7 nitrogen and oxygen atoms in total. The average Bonchev–Trinajstić information content (AvgIpc) is 3.33. The fourth-order valence-corrected chi connectivity index (χ4v) is 4.77. The van der Waals surface area contributed by atoms with Gasteiger partial charge in [-0.25, -0.2) is 9.97 Å². The van der Waals surface area contributed by atoms with Crippen molar-refractivity contribution in [3.05, 3.63) is 47.2 Å². The maximum absolute atomic E-state index is 12.7. The van der Waals surface area contributed by atoms with Crippen molar-refractivity contribution in [3.63, 3.8) is 0 Å². The molecule has 1 aromatic heterocycles. The number of piperazine rings is 1. The van der Waals surface area contributed by atoms with Crippen LogP contribution in [0.1, 0.15) is 34.5 Å². The summed E-state index contributed by atoms with van der Waals surface area (Å²) in [6, 6.07) is 9.99. The van der Waals surface area contributed by atoms with Crippen molar-refractivity contribution in [1.82, 2.24) is 19.8 Å². The van der Waals surface area contributed by atoms with Gasteiger partial charge in [-0.3, -0.25) is 4.79 Å². The summed E-state index contributed by atoms with van der Waals surface area (Å²) in [4.78, 5) is 28.7. The first kappa shape index (κ1) is 22.0. The lowest BCUT2D eigenvalue weighted by Gasteiger charge is -2.32. The number of benzene rings is 1. The number of aromatic nitrogens is 2. The van der Waals surface area contributed by atoms with Crippen molar-refractivity contribution in [3.8, 4) is 0 Å². The molecule has 1 aromatic carbocycles. The van der Waals surface area contributed by atoms with Crippen molar-refractivity contribution in [2.45, 2.75) is 30.4 Å². The number of methoxy groups -OCH3 is 1. The van der Waals surface area contributed by atoms with Crippen LogP contribution in [0.4, 0.5) is 5.82 Å². The van der Waals surface area contributed by atoms with Crippen molar-refractivity contribution in [2.75, 3.05) is 58.3 Å². The van der Waals surface area contributed by atoms with E-state index in [0.29, 0.717) is 6.61 Å². The Morgan fingerprint density at radius 2 is 1.74 bits per heavy atom. The monoisotopic (exact) mass is 441 g/mol. The predicted molar refractivity (Wildman–Crippen MR) is 124 cm³/mol. The molecule has 0 bridgehead atoms. The molecular formula is C23H31N5O2S.